The molecule has 5 nitrogen and oxygen atoms in total. The van der Waals surface area contributed by atoms with Crippen molar-refractivity contribution in [3.05, 3.63) is 29.8 Å². The number of hydrogen-bond acceptors (Lipinski definition) is 3. The number of anilines is 1. The lowest BCUT2D eigenvalue weighted by molar-refractivity contribution is -0.132. The highest BCUT2D eigenvalue weighted by atomic mass is 19.1. The SMILES string of the molecule is CCCC(=O)N1C[C@H](F)CC1CNc1ccc(C(=O)O)cc1. The average molecular weight is 308 g/mol. The molecule has 0 spiro atoms. The van der Waals surface area contributed by atoms with E-state index in [-0.39, 0.29) is 24.1 Å². The Bertz CT molecular complexity index is 533. The molecule has 1 aliphatic rings. The van der Waals surface area contributed by atoms with Crippen LogP contribution in [0.1, 0.15) is 36.5 Å². The number of carbonyl (C=O) groups is 2. The van der Waals surface area contributed by atoms with Crippen LogP contribution in [0.25, 0.3) is 0 Å². The molecule has 0 radical (unpaired) electrons. The number of benzene rings is 1. The van der Waals surface area contributed by atoms with E-state index in [0.717, 1.165) is 12.1 Å². The smallest absolute Gasteiger partial charge is 0.335 e. The fraction of sp³-hybridized carbons (Fsp3) is 0.500. The molecule has 120 valence electrons. The Morgan fingerprint density at radius 3 is 2.64 bits per heavy atom. The van der Waals surface area contributed by atoms with Crippen molar-refractivity contribution in [1.29, 1.82) is 0 Å². The van der Waals surface area contributed by atoms with Crippen LogP contribution in [0, 0.1) is 0 Å². The molecule has 1 aliphatic heterocycles. The maximum atomic E-state index is 13.6. The topological polar surface area (TPSA) is 69.6 Å². The van der Waals surface area contributed by atoms with Crippen LogP contribution in [-0.4, -0.2) is 47.2 Å². The summed E-state index contributed by atoms with van der Waals surface area (Å²) in [6, 6.07) is 6.20. The summed E-state index contributed by atoms with van der Waals surface area (Å²) in [5.74, 6) is -0.977. The van der Waals surface area contributed by atoms with Gasteiger partial charge in [0, 0.05) is 25.1 Å². The number of nitrogens with zero attached hydrogens (tertiary/aromatic N) is 1. The van der Waals surface area contributed by atoms with Crippen molar-refractivity contribution in [2.45, 2.75) is 38.4 Å². The molecule has 1 aromatic carbocycles. The van der Waals surface area contributed by atoms with Gasteiger partial charge in [-0.15, -0.1) is 0 Å². The summed E-state index contributed by atoms with van der Waals surface area (Å²) in [6.45, 7) is 2.56. The third-order valence-electron chi connectivity index (χ3n) is 3.82. The van der Waals surface area contributed by atoms with E-state index >= 15 is 0 Å². The highest BCUT2D eigenvalue weighted by molar-refractivity contribution is 5.88. The minimum Gasteiger partial charge on any atom is -0.478 e. The van der Waals surface area contributed by atoms with Crippen molar-refractivity contribution in [2.75, 3.05) is 18.4 Å². The summed E-state index contributed by atoms with van der Waals surface area (Å²) in [4.78, 5) is 24.4. The monoisotopic (exact) mass is 308 g/mol. The number of carbonyl (C=O) groups excluding carboxylic acids is 1. The van der Waals surface area contributed by atoms with Crippen LogP contribution in [0.5, 0.6) is 0 Å². The molecule has 0 aliphatic carbocycles. The fourth-order valence-electron chi connectivity index (χ4n) is 2.68. The number of aromatic carboxylic acids is 1. The van der Waals surface area contributed by atoms with Crippen LogP contribution in [0.15, 0.2) is 24.3 Å². The number of likely N-dealkylation sites (tertiary alicyclic amines) is 1. The number of rotatable bonds is 6. The Hall–Kier alpha value is -2.11. The molecule has 22 heavy (non-hydrogen) atoms. The van der Waals surface area contributed by atoms with Gasteiger partial charge in [0.1, 0.15) is 6.17 Å². The third-order valence-corrected chi connectivity index (χ3v) is 3.82. The number of nitrogens with one attached hydrogen (secondary N) is 1. The Balaban J connectivity index is 1.94. The molecule has 0 aromatic heterocycles. The highest BCUT2D eigenvalue weighted by Gasteiger charge is 2.34. The van der Waals surface area contributed by atoms with E-state index in [2.05, 4.69) is 5.32 Å². The first-order valence-corrected chi connectivity index (χ1v) is 7.52. The molecular formula is C16H21FN2O3. The van der Waals surface area contributed by atoms with E-state index in [1.807, 2.05) is 6.92 Å². The zero-order valence-electron chi connectivity index (χ0n) is 12.6. The molecule has 1 heterocycles. The maximum absolute atomic E-state index is 13.6. The maximum Gasteiger partial charge on any atom is 0.335 e. The summed E-state index contributed by atoms with van der Waals surface area (Å²) in [5.41, 5.74) is 0.977. The van der Waals surface area contributed by atoms with Crippen LogP contribution in [-0.2, 0) is 4.79 Å². The first kappa shape index (κ1) is 16.3. The van der Waals surface area contributed by atoms with E-state index in [1.54, 1.807) is 17.0 Å². The van der Waals surface area contributed by atoms with Gasteiger partial charge in [-0.05, 0) is 30.7 Å². The number of amides is 1. The molecule has 1 aromatic rings. The number of carboxylic acid groups (broad SMARTS) is 1. The van der Waals surface area contributed by atoms with Gasteiger partial charge >= 0.3 is 5.97 Å². The normalized spacial score (nSPS) is 20.9. The van der Waals surface area contributed by atoms with E-state index < -0.39 is 12.1 Å². The Labute approximate surface area is 129 Å². The van der Waals surface area contributed by atoms with Gasteiger partial charge in [0.2, 0.25) is 5.91 Å². The van der Waals surface area contributed by atoms with Gasteiger partial charge < -0.3 is 15.3 Å². The van der Waals surface area contributed by atoms with Crippen LogP contribution in [0.2, 0.25) is 0 Å². The van der Waals surface area contributed by atoms with E-state index in [9.17, 15) is 14.0 Å². The van der Waals surface area contributed by atoms with Gasteiger partial charge in [-0.1, -0.05) is 6.92 Å². The predicted octanol–water partition coefficient (Wildman–Crippen LogP) is 2.54. The summed E-state index contributed by atoms with van der Waals surface area (Å²) >= 11 is 0. The second kappa shape index (κ2) is 7.24. The molecule has 1 fully saturated rings. The van der Waals surface area contributed by atoms with E-state index in [0.29, 0.717) is 19.4 Å². The van der Waals surface area contributed by atoms with Gasteiger partial charge in [0.05, 0.1) is 18.2 Å². The zero-order chi connectivity index (χ0) is 16.1. The minimum atomic E-state index is -0.973. The number of alkyl halides is 1. The summed E-state index contributed by atoms with van der Waals surface area (Å²) in [5, 5.41) is 12.0. The predicted molar refractivity (Wildman–Crippen MR) is 81.8 cm³/mol. The Morgan fingerprint density at radius 2 is 2.05 bits per heavy atom. The Kier molecular flexibility index (Phi) is 5.35. The van der Waals surface area contributed by atoms with Gasteiger partial charge in [0.25, 0.3) is 0 Å². The molecular weight excluding hydrogens is 287 g/mol. The molecule has 1 amide bonds. The number of hydrogen-bond donors (Lipinski definition) is 2. The molecule has 2 atom stereocenters. The molecule has 0 saturated carbocycles. The molecule has 1 unspecified atom stereocenters. The van der Waals surface area contributed by atoms with Crippen molar-refractivity contribution >= 4 is 17.6 Å². The number of carboxylic acids is 1. The van der Waals surface area contributed by atoms with E-state index in [4.69, 9.17) is 5.11 Å². The van der Waals surface area contributed by atoms with Gasteiger partial charge in [-0.25, -0.2) is 9.18 Å². The second-order valence-corrected chi connectivity index (χ2v) is 5.55. The van der Waals surface area contributed by atoms with Crippen molar-refractivity contribution < 1.29 is 19.1 Å². The molecule has 1 saturated heterocycles. The first-order chi connectivity index (χ1) is 10.5. The lowest BCUT2D eigenvalue weighted by Gasteiger charge is -2.25. The van der Waals surface area contributed by atoms with Gasteiger partial charge in [-0.3, -0.25) is 4.79 Å². The number of halogens is 1. The van der Waals surface area contributed by atoms with Crippen molar-refractivity contribution in [3.63, 3.8) is 0 Å². The molecule has 0 bridgehead atoms. The first-order valence-electron chi connectivity index (χ1n) is 7.52. The highest BCUT2D eigenvalue weighted by Crippen LogP contribution is 2.22. The van der Waals surface area contributed by atoms with Crippen LogP contribution >= 0.6 is 0 Å². The van der Waals surface area contributed by atoms with Crippen molar-refractivity contribution in [1.82, 2.24) is 4.90 Å². The summed E-state index contributed by atoms with van der Waals surface area (Å²) in [6.07, 6.45) is 0.567. The molecule has 6 heteroatoms. The fourth-order valence-corrected chi connectivity index (χ4v) is 2.68. The lowest BCUT2D eigenvalue weighted by Crippen LogP contribution is -2.39. The molecule has 2 N–H and O–H groups in total. The van der Waals surface area contributed by atoms with Gasteiger partial charge in [-0.2, -0.15) is 0 Å². The second-order valence-electron chi connectivity index (χ2n) is 5.55. The molecule has 2 rings (SSSR count). The quantitative estimate of drug-likeness (QED) is 0.847. The minimum absolute atomic E-state index is 0.00400. The zero-order valence-corrected chi connectivity index (χ0v) is 12.6. The standard InChI is InChI=1S/C16H21FN2O3/c1-2-3-15(20)19-10-12(17)8-14(19)9-18-13-6-4-11(5-7-13)16(21)22/h4-7,12,14,18H,2-3,8-10H2,1H3,(H,21,22)/t12-,14?/m1/s1. The van der Waals surface area contributed by atoms with Crippen molar-refractivity contribution in [3.8, 4) is 0 Å². The lowest BCUT2D eigenvalue weighted by atomic mass is 10.1. The van der Waals surface area contributed by atoms with E-state index in [1.165, 1.54) is 12.1 Å². The Morgan fingerprint density at radius 1 is 1.36 bits per heavy atom. The van der Waals surface area contributed by atoms with Gasteiger partial charge in [0.15, 0.2) is 0 Å². The van der Waals surface area contributed by atoms with Crippen LogP contribution < -0.4 is 5.32 Å². The van der Waals surface area contributed by atoms with Crippen molar-refractivity contribution in [2.24, 2.45) is 0 Å². The van der Waals surface area contributed by atoms with Crippen LogP contribution in [0.4, 0.5) is 10.1 Å². The average Bonchev–Trinajstić information content (AvgIpc) is 2.87. The largest absolute Gasteiger partial charge is 0.478 e. The van der Waals surface area contributed by atoms with Crippen LogP contribution in [0.3, 0.4) is 0 Å². The third kappa shape index (κ3) is 3.96. The summed E-state index contributed by atoms with van der Waals surface area (Å²) < 4.78 is 13.6. The summed E-state index contributed by atoms with van der Waals surface area (Å²) in [7, 11) is 0.